The molecule has 2 rings (SSSR count). The zero-order chi connectivity index (χ0) is 14.5. The van der Waals surface area contributed by atoms with Crippen molar-refractivity contribution >= 4 is 23.3 Å². The lowest BCUT2D eigenvalue weighted by Gasteiger charge is -2.07. The zero-order valence-corrected chi connectivity index (χ0v) is 12.1. The van der Waals surface area contributed by atoms with Gasteiger partial charge in [-0.2, -0.15) is 0 Å². The first kappa shape index (κ1) is 14.4. The standard InChI is InChI=1S/C14H16ClN3O2/c1-9-13(10(2)20-18-9)7-8-16-14(19)17-12-5-3-11(15)4-6-12/h3-6H,7-8H2,1-2H3,(H2,16,17,19). The van der Waals surface area contributed by atoms with E-state index in [-0.39, 0.29) is 6.03 Å². The van der Waals surface area contributed by atoms with E-state index in [0.717, 1.165) is 17.0 Å². The van der Waals surface area contributed by atoms with E-state index >= 15 is 0 Å². The third-order valence-electron chi connectivity index (χ3n) is 2.94. The van der Waals surface area contributed by atoms with Crippen LogP contribution in [0.4, 0.5) is 10.5 Å². The van der Waals surface area contributed by atoms with Crippen LogP contribution in [0.15, 0.2) is 28.8 Å². The van der Waals surface area contributed by atoms with Gasteiger partial charge in [0.25, 0.3) is 0 Å². The summed E-state index contributed by atoms with van der Waals surface area (Å²) in [5.41, 5.74) is 2.60. The van der Waals surface area contributed by atoms with E-state index in [4.69, 9.17) is 16.1 Å². The largest absolute Gasteiger partial charge is 0.361 e. The van der Waals surface area contributed by atoms with Gasteiger partial charge in [-0.15, -0.1) is 0 Å². The van der Waals surface area contributed by atoms with Gasteiger partial charge in [0.15, 0.2) is 0 Å². The third-order valence-corrected chi connectivity index (χ3v) is 3.20. The molecule has 1 heterocycles. The predicted octanol–water partition coefficient (Wildman–Crippen LogP) is 3.31. The van der Waals surface area contributed by atoms with Gasteiger partial charge in [-0.1, -0.05) is 16.8 Å². The summed E-state index contributed by atoms with van der Waals surface area (Å²) in [4.78, 5) is 11.7. The predicted molar refractivity (Wildman–Crippen MR) is 78.2 cm³/mol. The molecule has 20 heavy (non-hydrogen) atoms. The van der Waals surface area contributed by atoms with Crippen molar-refractivity contribution in [3.8, 4) is 0 Å². The van der Waals surface area contributed by atoms with Crippen LogP contribution >= 0.6 is 11.6 Å². The van der Waals surface area contributed by atoms with E-state index in [1.165, 1.54) is 0 Å². The Labute approximate surface area is 122 Å². The summed E-state index contributed by atoms with van der Waals surface area (Å²) < 4.78 is 5.07. The number of anilines is 1. The molecular weight excluding hydrogens is 278 g/mol. The van der Waals surface area contributed by atoms with Gasteiger partial charge >= 0.3 is 6.03 Å². The number of benzene rings is 1. The Morgan fingerprint density at radius 2 is 2.00 bits per heavy atom. The summed E-state index contributed by atoms with van der Waals surface area (Å²) in [6.45, 7) is 4.27. The summed E-state index contributed by atoms with van der Waals surface area (Å²) in [6.07, 6.45) is 0.690. The smallest absolute Gasteiger partial charge is 0.319 e. The molecule has 1 aromatic carbocycles. The fourth-order valence-corrected chi connectivity index (χ4v) is 1.99. The second-order valence-electron chi connectivity index (χ2n) is 4.44. The molecule has 0 saturated heterocycles. The van der Waals surface area contributed by atoms with Crippen LogP contribution < -0.4 is 10.6 Å². The highest BCUT2D eigenvalue weighted by atomic mass is 35.5. The fraction of sp³-hybridized carbons (Fsp3) is 0.286. The topological polar surface area (TPSA) is 67.2 Å². The van der Waals surface area contributed by atoms with Crippen molar-refractivity contribution in [1.29, 1.82) is 0 Å². The molecule has 2 N–H and O–H groups in total. The molecule has 2 amide bonds. The Balaban J connectivity index is 1.79. The minimum Gasteiger partial charge on any atom is -0.361 e. The average Bonchev–Trinajstić information content (AvgIpc) is 2.73. The van der Waals surface area contributed by atoms with E-state index in [1.807, 2.05) is 13.8 Å². The number of carbonyl (C=O) groups excluding carboxylic acids is 1. The van der Waals surface area contributed by atoms with Crippen molar-refractivity contribution in [1.82, 2.24) is 10.5 Å². The number of hydrogen-bond acceptors (Lipinski definition) is 3. The number of halogens is 1. The lowest BCUT2D eigenvalue weighted by molar-refractivity contribution is 0.252. The maximum absolute atomic E-state index is 11.7. The molecule has 5 nitrogen and oxygen atoms in total. The van der Waals surface area contributed by atoms with Crippen LogP contribution in [0.5, 0.6) is 0 Å². The molecule has 0 spiro atoms. The number of urea groups is 1. The normalized spacial score (nSPS) is 10.3. The maximum Gasteiger partial charge on any atom is 0.319 e. The highest BCUT2D eigenvalue weighted by molar-refractivity contribution is 6.30. The second-order valence-corrected chi connectivity index (χ2v) is 4.88. The van der Waals surface area contributed by atoms with Crippen molar-refractivity contribution in [2.75, 3.05) is 11.9 Å². The van der Waals surface area contributed by atoms with Crippen molar-refractivity contribution in [2.45, 2.75) is 20.3 Å². The third kappa shape index (κ3) is 3.74. The molecule has 6 heteroatoms. The average molecular weight is 294 g/mol. The molecule has 0 aliphatic carbocycles. The first-order valence-electron chi connectivity index (χ1n) is 6.28. The lowest BCUT2D eigenvalue weighted by Crippen LogP contribution is -2.30. The minimum absolute atomic E-state index is 0.251. The zero-order valence-electron chi connectivity index (χ0n) is 11.4. The van der Waals surface area contributed by atoms with Gasteiger partial charge in [0.05, 0.1) is 5.69 Å². The summed E-state index contributed by atoms with van der Waals surface area (Å²) in [5, 5.41) is 10.0. The number of rotatable bonds is 4. The highest BCUT2D eigenvalue weighted by Crippen LogP contribution is 2.13. The second kappa shape index (κ2) is 6.43. The fourth-order valence-electron chi connectivity index (χ4n) is 1.87. The summed E-state index contributed by atoms with van der Waals surface area (Å²) in [7, 11) is 0. The number of carbonyl (C=O) groups is 1. The molecule has 0 fully saturated rings. The van der Waals surface area contributed by atoms with Crippen LogP contribution in [0.1, 0.15) is 17.0 Å². The van der Waals surface area contributed by atoms with Crippen LogP contribution in [-0.4, -0.2) is 17.7 Å². The SMILES string of the molecule is Cc1noc(C)c1CCNC(=O)Nc1ccc(Cl)cc1. The molecule has 0 bridgehead atoms. The van der Waals surface area contributed by atoms with Crippen molar-refractivity contribution in [3.63, 3.8) is 0 Å². The van der Waals surface area contributed by atoms with Gasteiger partial charge in [-0.3, -0.25) is 0 Å². The number of amides is 2. The van der Waals surface area contributed by atoms with E-state index in [2.05, 4.69) is 15.8 Å². The first-order valence-corrected chi connectivity index (χ1v) is 6.66. The molecule has 2 aromatic rings. The first-order chi connectivity index (χ1) is 9.56. The van der Waals surface area contributed by atoms with Crippen molar-refractivity contribution in [3.05, 3.63) is 46.3 Å². The highest BCUT2D eigenvalue weighted by Gasteiger charge is 2.09. The van der Waals surface area contributed by atoms with Gasteiger partial charge in [-0.25, -0.2) is 4.79 Å². The molecule has 1 aromatic heterocycles. The van der Waals surface area contributed by atoms with Crippen LogP contribution in [0.2, 0.25) is 5.02 Å². The number of aryl methyl sites for hydroxylation is 2. The number of nitrogens with one attached hydrogen (secondary N) is 2. The Bertz CT molecular complexity index is 573. The van der Waals surface area contributed by atoms with Crippen LogP contribution in [0, 0.1) is 13.8 Å². The summed E-state index contributed by atoms with van der Waals surface area (Å²) in [5.74, 6) is 0.794. The van der Waals surface area contributed by atoms with E-state index in [1.54, 1.807) is 24.3 Å². The molecule has 0 aliphatic heterocycles. The van der Waals surface area contributed by atoms with Gasteiger partial charge in [0, 0.05) is 22.8 Å². The van der Waals surface area contributed by atoms with Gasteiger partial charge in [0.1, 0.15) is 5.76 Å². The van der Waals surface area contributed by atoms with E-state index in [0.29, 0.717) is 23.7 Å². The van der Waals surface area contributed by atoms with Crippen LogP contribution in [-0.2, 0) is 6.42 Å². The Morgan fingerprint density at radius 3 is 2.60 bits per heavy atom. The molecular formula is C14H16ClN3O2. The van der Waals surface area contributed by atoms with Gasteiger partial charge in [-0.05, 0) is 44.5 Å². The number of nitrogens with zero attached hydrogens (tertiary/aromatic N) is 1. The quantitative estimate of drug-likeness (QED) is 0.909. The molecule has 0 unspecified atom stereocenters. The molecule has 106 valence electrons. The lowest BCUT2D eigenvalue weighted by atomic mass is 10.1. The van der Waals surface area contributed by atoms with Crippen molar-refractivity contribution in [2.24, 2.45) is 0 Å². The Morgan fingerprint density at radius 1 is 1.30 bits per heavy atom. The Kier molecular flexibility index (Phi) is 4.63. The maximum atomic E-state index is 11.7. The summed E-state index contributed by atoms with van der Waals surface area (Å²) in [6, 6.07) is 6.69. The number of hydrogen-bond donors (Lipinski definition) is 2. The Hall–Kier alpha value is -2.01. The van der Waals surface area contributed by atoms with E-state index < -0.39 is 0 Å². The minimum atomic E-state index is -0.251. The molecule has 0 atom stereocenters. The molecule has 0 aliphatic rings. The van der Waals surface area contributed by atoms with Crippen LogP contribution in [0.25, 0.3) is 0 Å². The molecule has 0 radical (unpaired) electrons. The number of aromatic nitrogens is 1. The van der Waals surface area contributed by atoms with Gasteiger partial charge in [0.2, 0.25) is 0 Å². The van der Waals surface area contributed by atoms with E-state index in [9.17, 15) is 4.79 Å². The monoisotopic (exact) mass is 293 g/mol. The van der Waals surface area contributed by atoms with Crippen LogP contribution in [0.3, 0.4) is 0 Å². The van der Waals surface area contributed by atoms with Crippen molar-refractivity contribution < 1.29 is 9.32 Å². The van der Waals surface area contributed by atoms with Gasteiger partial charge < -0.3 is 15.2 Å². The molecule has 0 saturated carbocycles. The summed E-state index contributed by atoms with van der Waals surface area (Å²) >= 11 is 5.78.